The van der Waals surface area contributed by atoms with Gasteiger partial charge in [0.2, 0.25) is 11.8 Å². The third-order valence-electron chi connectivity index (χ3n) is 10.3. The Balaban J connectivity index is 0.000000214. The van der Waals surface area contributed by atoms with E-state index in [1.807, 2.05) is 26.0 Å². The Bertz CT molecular complexity index is 2000. The summed E-state index contributed by atoms with van der Waals surface area (Å²) in [5, 5.41) is 23.4. The lowest BCUT2D eigenvalue weighted by Crippen LogP contribution is -2.53. The Labute approximate surface area is 318 Å². The van der Waals surface area contributed by atoms with Crippen molar-refractivity contribution in [2.45, 2.75) is 101 Å². The van der Waals surface area contributed by atoms with Crippen LogP contribution < -0.4 is 22.1 Å². The first-order chi connectivity index (χ1) is 26.4. The van der Waals surface area contributed by atoms with Crippen LogP contribution in [0.3, 0.4) is 0 Å². The summed E-state index contributed by atoms with van der Waals surface area (Å²) in [5.74, 6) is -2.10. The summed E-state index contributed by atoms with van der Waals surface area (Å²) in [6.45, 7) is 3.99. The molecule has 0 aliphatic heterocycles. The van der Waals surface area contributed by atoms with Gasteiger partial charge in [-0.25, -0.2) is 0 Å². The molecule has 0 saturated heterocycles. The van der Waals surface area contributed by atoms with Gasteiger partial charge in [-0.3, -0.25) is 29.5 Å². The Morgan fingerprint density at radius 3 is 1.29 bits per heavy atom. The van der Waals surface area contributed by atoms with E-state index >= 15 is 0 Å². The van der Waals surface area contributed by atoms with E-state index in [1.54, 1.807) is 24.5 Å². The number of halogens is 6. The molecule has 2 fully saturated rings. The molecule has 2 saturated carbocycles. The summed E-state index contributed by atoms with van der Waals surface area (Å²) in [6.07, 6.45) is 0.253. The average molecular weight is 783 g/mol. The van der Waals surface area contributed by atoms with Crippen LogP contribution in [0.2, 0.25) is 0 Å². The van der Waals surface area contributed by atoms with E-state index < -0.39 is 48.3 Å². The highest BCUT2D eigenvalue weighted by molar-refractivity contribution is 5.85. The molecule has 2 aliphatic rings. The van der Waals surface area contributed by atoms with Crippen LogP contribution in [0.1, 0.15) is 86.5 Å². The molecular weight excluding hydrogens is 742 g/mol. The zero-order valence-electron chi connectivity index (χ0n) is 30.4. The van der Waals surface area contributed by atoms with Gasteiger partial charge in [0.05, 0.1) is 22.2 Å². The highest BCUT2D eigenvalue weighted by Crippen LogP contribution is 2.40. The topological polar surface area (TPSA) is 209 Å². The van der Waals surface area contributed by atoms with Crippen molar-refractivity contribution in [3.63, 3.8) is 0 Å². The smallest absolute Gasteiger partial charge is 0.352 e. The minimum atomic E-state index is -4.78. The minimum absolute atomic E-state index is 0.0249. The predicted molar refractivity (Wildman–Crippen MR) is 192 cm³/mol. The number of nitrogens with two attached hydrogens (primary N) is 2. The van der Waals surface area contributed by atoms with Crippen LogP contribution in [0.15, 0.2) is 49.1 Å². The van der Waals surface area contributed by atoms with Crippen molar-refractivity contribution in [1.82, 2.24) is 30.6 Å². The van der Waals surface area contributed by atoms with Crippen LogP contribution in [0.25, 0.3) is 22.1 Å². The van der Waals surface area contributed by atoms with Crippen molar-refractivity contribution in [3.05, 3.63) is 71.3 Å². The fraction of sp³-hybridized carbons (Fsp3) is 0.474. The number of aromatic nitrogens is 4. The summed E-state index contributed by atoms with van der Waals surface area (Å²) in [7, 11) is 0. The highest BCUT2D eigenvalue weighted by Gasteiger charge is 2.44. The maximum atomic E-state index is 12.7. The van der Waals surface area contributed by atoms with E-state index in [0.29, 0.717) is 58.9 Å². The van der Waals surface area contributed by atoms with E-state index in [-0.39, 0.29) is 23.7 Å². The second-order valence-electron chi connectivity index (χ2n) is 14.6. The molecule has 56 heavy (non-hydrogen) atoms. The number of fused-ring (bicyclic) bond motifs is 2. The van der Waals surface area contributed by atoms with Crippen LogP contribution in [0.5, 0.6) is 0 Å². The lowest BCUT2D eigenvalue weighted by atomic mass is 9.75. The SMILES string of the molecule is C[C@H]1C[C@@H](NC(=O)[C@@H](N)C(F)(F)F)C[C@H](c2ccc(C#N)c3nccnc23)C1.C[C@H]1C[C@@H](NC(=O)[C@H](N)C(F)(F)F)C[C@H](c2ccc(C#N)c3nccnc23)C1. The highest BCUT2D eigenvalue weighted by atomic mass is 19.4. The second kappa shape index (κ2) is 17.1. The number of carbonyl (C=O) groups is 2. The summed E-state index contributed by atoms with van der Waals surface area (Å²) < 4.78 is 76.1. The Morgan fingerprint density at radius 2 is 0.964 bits per heavy atom. The van der Waals surface area contributed by atoms with Gasteiger partial charge in [0, 0.05) is 36.9 Å². The van der Waals surface area contributed by atoms with Crippen molar-refractivity contribution in [2.24, 2.45) is 23.3 Å². The molecule has 2 aromatic heterocycles. The van der Waals surface area contributed by atoms with E-state index in [4.69, 9.17) is 11.5 Å². The fourth-order valence-electron chi connectivity index (χ4n) is 7.82. The number of alkyl halides is 6. The average Bonchev–Trinajstić information content (AvgIpc) is 3.15. The number of carbonyl (C=O) groups excluding carboxylic acids is 2. The second-order valence-corrected chi connectivity index (χ2v) is 14.6. The number of hydrogen-bond donors (Lipinski definition) is 4. The first-order valence-corrected chi connectivity index (χ1v) is 17.9. The number of nitriles is 2. The van der Waals surface area contributed by atoms with Gasteiger partial charge < -0.3 is 22.1 Å². The third-order valence-corrected chi connectivity index (χ3v) is 10.3. The van der Waals surface area contributed by atoms with Crippen LogP contribution in [-0.2, 0) is 9.59 Å². The molecule has 2 aromatic carbocycles. The molecule has 2 aliphatic carbocycles. The standard InChI is InChI=1S/2C19H20F3N5O/c2*1-10-6-12(8-13(7-10)27-18(28)17(24)19(20,21)22)14-3-2-11(9-23)15-16(14)26-5-4-25-15/h2*2-5,10,12-13,17H,6-8,24H2,1H3,(H,27,28)/t10-,12-,13-,17+;10-,12-,13-,17-/m11/s1. The van der Waals surface area contributed by atoms with Crippen LogP contribution >= 0.6 is 0 Å². The van der Waals surface area contributed by atoms with Crippen molar-refractivity contribution >= 4 is 33.9 Å². The van der Waals surface area contributed by atoms with E-state index in [9.17, 15) is 46.5 Å². The molecule has 12 nitrogen and oxygen atoms in total. The molecule has 0 radical (unpaired) electrons. The molecule has 0 unspecified atom stereocenters. The largest absolute Gasteiger partial charge is 0.412 e. The van der Waals surface area contributed by atoms with Crippen molar-refractivity contribution in [1.29, 1.82) is 10.5 Å². The van der Waals surface area contributed by atoms with E-state index in [2.05, 4.69) is 42.7 Å². The Morgan fingerprint density at radius 1 is 0.625 bits per heavy atom. The maximum Gasteiger partial charge on any atom is 0.412 e. The lowest BCUT2D eigenvalue weighted by Gasteiger charge is -2.35. The molecule has 0 bridgehead atoms. The normalized spacial score (nSPS) is 23.8. The van der Waals surface area contributed by atoms with Gasteiger partial charge in [0.25, 0.3) is 0 Å². The molecule has 8 atom stereocenters. The Hall–Kier alpha value is -5.46. The van der Waals surface area contributed by atoms with Crippen LogP contribution in [-0.4, -0.2) is 68.3 Å². The zero-order valence-corrected chi connectivity index (χ0v) is 30.4. The molecule has 4 aromatic rings. The van der Waals surface area contributed by atoms with E-state index in [0.717, 1.165) is 24.0 Å². The molecule has 18 heteroatoms. The number of nitrogens with one attached hydrogen (secondary N) is 2. The summed E-state index contributed by atoms with van der Waals surface area (Å²) in [5.41, 5.74) is 14.8. The molecule has 6 N–H and O–H groups in total. The van der Waals surface area contributed by atoms with E-state index in [1.165, 1.54) is 12.4 Å². The Kier molecular flexibility index (Phi) is 12.8. The quantitative estimate of drug-likeness (QED) is 0.179. The van der Waals surface area contributed by atoms with Gasteiger partial charge in [0.15, 0.2) is 12.1 Å². The van der Waals surface area contributed by atoms with Gasteiger partial charge in [-0.2, -0.15) is 36.9 Å². The minimum Gasteiger partial charge on any atom is -0.352 e. The summed E-state index contributed by atoms with van der Waals surface area (Å²) in [4.78, 5) is 41.0. The summed E-state index contributed by atoms with van der Waals surface area (Å²) >= 11 is 0. The monoisotopic (exact) mass is 782 g/mol. The first kappa shape index (κ1) is 41.7. The first-order valence-electron chi connectivity index (χ1n) is 17.9. The predicted octanol–water partition coefficient (Wildman–Crippen LogP) is 5.56. The number of rotatable bonds is 6. The molecule has 6 rings (SSSR count). The van der Waals surface area contributed by atoms with Crippen molar-refractivity contribution < 1.29 is 35.9 Å². The van der Waals surface area contributed by atoms with Crippen molar-refractivity contribution in [3.8, 4) is 12.1 Å². The van der Waals surface area contributed by atoms with Crippen molar-refractivity contribution in [2.75, 3.05) is 0 Å². The van der Waals surface area contributed by atoms with Gasteiger partial charge >= 0.3 is 12.4 Å². The maximum absolute atomic E-state index is 12.7. The molecule has 2 amide bonds. The van der Waals surface area contributed by atoms with Gasteiger partial charge in [-0.15, -0.1) is 0 Å². The van der Waals surface area contributed by atoms with Gasteiger partial charge in [-0.05, 0) is 85.5 Å². The molecular formula is C38H40F6N10O2. The number of benzene rings is 2. The number of nitrogens with zero attached hydrogens (tertiary/aromatic N) is 6. The third kappa shape index (κ3) is 9.66. The zero-order chi connectivity index (χ0) is 40.9. The number of amides is 2. The van der Waals surface area contributed by atoms with Gasteiger partial charge in [-0.1, -0.05) is 26.0 Å². The fourth-order valence-corrected chi connectivity index (χ4v) is 7.82. The van der Waals surface area contributed by atoms with Crippen LogP contribution in [0, 0.1) is 34.5 Å². The summed E-state index contributed by atoms with van der Waals surface area (Å²) in [6, 6.07) is 5.26. The molecule has 2 heterocycles. The molecule has 296 valence electrons. The molecule has 0 spiro atoms. The lowest BCUT2D eigenvalue weighted by molar-refractivity contribution is -0.165. The van der Waals surface area contributed by atoms with Crippen LogP contribution in [0.4, 0.5) is 26.3 Å². The number of hydrogen-bond acceptors (Lipinski definition) is 10. The van der Waals surface area contributed by atoms with Gasteiger partial charge in [0.1, 0.15) is 23.2 Å².